The van der Waals surface area contributed by atoms with E-state index in [0.29, 0.717) is 0 Å². The molecule has 1 N–H and O–H groups in total. The molecule has 0 bridgehead atoms. The van der Waals surface area contributed by atoms with E-state index in [0.717, 1.165) is 0 Å². The molecule has 0 saturated carbocycles. The van der Waals surface area contributed by atoms with Gasteiger partial charge in [0, 0.05) is 6.08 Å². The molecule has 0 amide bonds. The normalized spacial score (nSPS) is 7.62. The van der Waals surface area contributed by atoms with E-state index in [-0.39, 0.29) is 5.57 Å². The molecule has 0 atom stereocenters. The van der Waals surface area contributed by atoms with Crippen molar-refractivity contribution < 1.29 is 9.90 Å². The van der Waals surface area contributed by atoms with Gasteiger partial charge < -0.3 is 5.11 Å². The predicted molar refractivity (Wildman–Crippen MR) is 51.9 cm³/mol. The zero-order valence-corrected chi connectivity index (χ0v) is 7.23. The van der Waals surface area contributed by atoms with Gasteiger partial charge in [-0.2, -0.15) is 5.26 Å². The van der Waals surface area contributed by atoms with Crippen molar-refractivity contribution in [2.45, 2.75) is 0 Å². The zero-order chi connectivity index (χ0) is 10.7. The number of nitrogens with zero attached hydrogens (tertiary/aromatic N) is 1. The summed E-state index contributed by atoms with van der Waals surface area (Å²) in [5.41, 5.74) is 0.0647. The van der Waals surface area contributed by atoms with E-state index in [1.807, 2.05) is 0 Å². The lowest BCUT2D eigenvalue weighted by Gasteiger charge is -1.85. The Balaban J connectivity index is 0. The van der Waals surface area contributed by atoms with Crippen LogP contribution in [0.4, 0.5) is 0 Å². The fraction of sp³-hybridized carbons (Fsp3) is 0. The maximum atomic E-state index is 10.0. The van der Waals surface area contributed by atoms with Crippen LogP contribution in [-0.2, 0) is 4.79 Å². The lowest BCUT2D eigenvalue weighted by atomic mass is 10.3. The van der Waals surface area contributed by atoms with Crippen LogP contribution in [0.25, 0.3) is 0 Å². The van der Waals surface area contributed by atoms with Crippen molar-refractivity contribution in [1.82, 2.24) is 0 Å². The summed E-state index contributed by atoms with van der Waals surface area (Å²) in [6.07, 6.45) is 5.58. The van der Waals surface area contributed by atoms with Gasteiger partial charge in [-0.05, 0) is 6.08 Å². The van der Waals surface area contributed by atoms with Crippen LogP contribution in [0.1, 0.15) is 0 Å². The van der Waals surface area contributed by atoms with Crippen molar-refractivity contribution in [3.05, 3.63) is 49.6 Å². The van der Waals surface area contributed by atoms with Gasteiger partial charge in [0.15, 0.2) is 0 Å². The third kappa shape index (κ3) is 13.0. The monoisotopic (exact) mass is 177 g/mol. The molecule has 0 radical (unpaired) electrons. The number of allylic oxidation sites excluding steroid dienone is 3. The third-order valence-electron chi connectivity index (χ3n) is 0.799. The summed E-state index contributed by atoms with van der Waals surface area (Å²) in [5.74, 6) is -1.01. The highest BCUT2D eigenvalue weighted by molar-refractivity contribution is 5.88. The molecule has 3 nitrogen and oxygen atoms in total. The highest BCUT2D eigenvalue weighted by Gasteiger charge is 1.95. The zero-order valence-electron chi connectivity index (χ0n) is 7.23. The lowest BCUT2D eigenvalue weighted by Crippen LogP contribution is -1.94. The summed E-state index contributed by atoms with van der Waals surface area (Å²) < 4.78 is 0. The van der Waals surface area contributed by atoms with Gasteiger partial charge in [0.2, 0.25) is 0 Å². The summed E-state index contributed by atoms with van der Waals surface area (Å²) in [6, 6.07) is 1.69. The SMILES string of the molecule is C=CC#N.C=CC=CC(=C)C(=O)O. The van der Waals surface area contributed by atoms with Crippen LogP contribution in [-0.4, -0.2) is 11.1 Å². The van der Waals surface area contributed by atoms with E-state index in [1.54, 1.807) is 6.07 Å². The summed E-state index contributed by atoms with van der Waals surface area (Å²) in [4.78, 5) is 10.0. The number of aliphatic carboxylic acids is 1. The van der Waals surface area contributed by atoms with E-state index in [2.05, 4.69) is 19.7 Å². The minimum atomic E-state index is -1.01. The molecule has 0 aromatic heterocycles. The Morgan fingerprint density at radius 2 is 1.92 bits per heavy atom. The second-order valence-corrected chi connectivity index (χ2v) is 1.76. The minimum Gasteiger partial charge on any atom is -0.478 e. The van der Waals surface area contributed by atoms with Crippen LogP contribution >= 0.6 is 0 Å². The average molecular weight is 177 g/mol. The Morgan fingerprint density at radius 1 is 1.46 bits per heavy atom. The summed E-state index contributed by atoms with van der Waals surface area (Å²) >= 11 is 0. The molecule has 0 aliphatic carbocycles. The number of rotatable bonds is 3. The van der Waals surface area contributed by atoms with Crippen LogP contribution < -0.4 is 0 Å². The first-order chi connectivity index (χ1) is 6.09. The first-order valence-electron chi connectivity index (χ1n) is 3.32. The van der Waals surface area contributed by atoms with Gasteiger partial charge in [0.05, 0.1) is 11.6 Å². The van der Waals surface area contributed by atoms with Crippen LogP contribution in [0.2, 0.25) is 0 Å². The molecule has 13 heavy (non-hydrogen) atoms. The Kier molecular flexibility index (Phi) is 10.3. The Labute approximate surface area is 77.6 Å². The maximum Gasteiger partial charge on any atom is 0.335 e. The number of hydrogen-bond donors (Lipinski definition) is 1. The van der Waals surface area contributed by atoms with Crippen LogP contribution in [0.15, 0.2) is 49.6 Å². The smallest absolute Gasteiger partial charge is 0.335 e. The van der Waals surface area contributed by atoms with Gasteiger partial charge in [-0.15, -0.1) is 0 Å². The quantitative estimate of drug-likeness (QED) is 0.407. The molecule has 0 fully saturated rings. The first-order valence-corrected chi connectivity index (χ1v) is 3.32. The van der Waals surface area contributed by atoms with Crippen molar-refractivity contribution in [2.75, 3.05) is 0 Å². The number of carboxylic acids is 1. The molecule has 0 heterocycles. The molecule has 0 unspecified atom stereocenters. The molecule has 0 saturated heterocycles. The van der Waals surface area contributed by atoms with Crippen molar-refractivity contribution in [2.24, 2.45) is 0 Å². The van der Waals surface area contributed by atoms with E-state index in [9.17, 15) is 4.79 Å². The topological polar surface area (TPSA) is 61.1 Å². The Hall–Kier alpha value is -2.08. The van der Waals surface area contributed by atoms with Crippen LogP contribution in [0.5, 0.6) is 0 Å². The first kappa shape index (κ1) is 13.5. The van der Waals surface area contributed by atoms with Crippen molar-refractivity contribution in [3.63, 3.8) is 0 Å². The number of carboxylic acid groups (broad SMARTS) is 1. The molecule has 68 valence electrons. The van der Waals surface area contributed by atoms with Crippen LogP contribution in [0.3, 0.4) is 0 Å². The van der Waals surface area contributed by atoms with Crippen molar-refractivity contribution >= 4 is 5.97 Å². The van der Waals surface area contributed by atoms with E-state index in [4.69, 9.17) is 10.4 Å². The second kappa shape index (κ2) is 9.92. The van der Waals surface area contributed by atoms with E-state index < -0.39 is 5.97 Å². The van der Waals surface area contributed by atoms with Crippen molar-refractivity contribution in [1.29, 1.82) is 5.26 Å². The highest BCUT2D eigenvalue weighted by Crippen LogP contribution is 1.91. The molecule has 0 aliphatic rings. The summed E-state index contributed by atoms with van der Waals surface area (Å²) in [7, 11) is 0. The second-order valence-electron chi connectivity index (χ2n) is 1.76. The molecule has 0 aromatic rings. The molecule has 3 heteroatoms. The predicted octanol–water partition coefficient (Wildman–Crippen LogP) is 2.07. The van der Waals surface area contributed by atoms with Gasteiger partial charge in [-0.1, -0.05) is 31.9 Å². The number of nitriles is 1. The molecular weight excluding hydrogens is 166 g/mol. The summed E-state index contributed by atoms with van der Waals surface area (Å²) in [5, 5.41) is 15.7. The third-order valence-corrected chi connectivity index (χ3v) is 0.799. The van der Waals surface area contributed by atoms with E-state index >= 15 is 0 Å². The van der Waals surface area contributed by atoms with Crippen molar-refractivity contribution in [3.8, 4) is 6.07 Å². The van der Waals surface area contributed by atoms with Gasteiger partial charge in [-0.3, -0.25) is 0 Å². The molecule has 0 rings (SSSR count). The minimum absolute atomic E-state index is 0.0647. The fourth-order valence-electron chi connectivity index (χ4n) is 0.255. The molecule has 0 spiro atoms. The molecule has 0 aromatic carbocycles. The van der Waals surface area contributed by atoms with Crippen LogP contribution in [0, 0.1) is 11.3 Å². The Morgan fingerprint density at radius 3 is 2.15 bits per heavy atom. The van der Waals surface area contributed by atoms with Gasteiger partial charge in [0.1, 0.15) is 0 Å². The summed E-state index contributed by atoms with van der Waals surface area (Å²) in [6.45, 7) is 9.75. The Bertz CT molecular complexity index is 269. The fourth-order valence-corrected chi connectivity index (χ4v) is 0.255. The van der Waals surface area contributed by atoms with E-state index in [1.165, 1.54) is 24.3 Å². The van der Waals surface area contributed by atoms with Gasteiger partial charge in [0.25, 0.3) is 0 Å². The standard InChI is InChI=1S/C7H8O2.C3H3N/c1-3-4-5-6(2)7(8)9;1-2-3-4/h3-5H,1-2H2,(H,8,9);2H,1H2. The number of carbonyl (C=O) groups is 1. The van der Waals surface area contributed by atoms with Gasteiger partial charge >= 0.3 is 5.97 Å². The molecule has 0 aliphatic heterocycles. The maximum absolute atomic E-state index is 10.0. The average Bonchev–Trinajstić information content (AvgIpc) is 2.14. The van der Waals surface area contributed by atoms with Gasteiger partial charge in [-0.25, -0.2) is 4.79 Å². The lowest BCUT2D eigenvalue weighted by molar-refractivity contribution is -0.132. The number of hydrogen-bond acceptors (Lipinski definition) is 2. The highest BCUT2D eigenvalue weighted by atomic mass is 16.4. The molecular formula is C10H11NO2. The largest absolute Gasteiger partial charge is 0.478 e.